The second kappa shape index (κ2) is 7.00. The van der Waals surface area contributed by atoms with E-state index in [0.717, 1.165) is 5.56 Å². The number of anilines is 1. The summed E-state index contributed by atoms with van der Waals surface area (Å²) >= 11 is 5.89. The summed E-state index contributed by atoms with van der Waals surface area (Å²) in [5.74, 6) is 1.17. The molecule has 4 rings (SSSR count). The Morgan fingerprint density at radius 1 is 1.11 bits per heavy atom. The molecule has 27 heavy (non-hydrogen) atoms. The second-order valence-electron chi connectivity index (χ2n) is 5.72. The Hall–Kier alpha value is -3.52. The van der Waals surface area contributed by atoms with E-state index in [-0.39, 0.29) is 5.69 Å². The molecule has 2 aromatic carbocycles. The minimum Gasteiger partial charge on any atom is -0.362 e. The number of hydrogen-bond acceptors (Lipinski definition) is 7. The van der Waals surface area contributed by atoms with Gasteiger partial charge in [-0.3, -0.25) is 10.1 Å². The lowest BCUT2D eigenvalue weighted by Gasteiger charge is -2.06. The van der Waals surface area contributed by atoms with Gasteiger partial charge in [0.05, 0.1) is 17.0 Å². The molecule has 0 fully saturated rings. The molecule has 2 aromatic heterocycles. The highest BCUT2D eigenvalue weighted by Crippen LogP contribution is 2.25. The summed E-state index contributed by atoms with van der Waals surface area (Å²) in [4.78, 5) is 18.7. The molecular formula is C18H12ClN5O3. The van der Waals surface area contributed by atoms with Crippen LogP contribution in [0, 0.1) is 10.1 Å². The molecule has 0 amide bonds. The standard InChI is InChI=1S/C18H12ClN5O3/c19-12-3-1-11(2-4-12)16-8-14(27-23-16)9-20-18-15-6-5-13(24(25)26)7-17(15)21-10-22-18/h1-8,10H,9H2,(H,20,21,22). The monoisotopic (exact) mass is 381 g/mol. The summed E-state index contributed by atoms with van der Waals surface area (Å²) in [5.41, 5.74) is 2.07. The molecule has 0 radical (unpaired) electrons. The number of nitrogens with one attached hydrogen (secondary N) is 1. The second-order valence-corrected chi connectivity index (χ2v) is 6.16. The van der Waals surface area contributed by atoms with Gasteiger partial charge in [0.2, 0.25) is 0 Å². The number of nitro benzene ring substituents is 1. The summed E-state index contributed by atoms with van der Waals surface area (Å²) in [6.07, 6.45) is 1.36. The summed E-state index contributed by atoms with van der Waals surface area (Å²) in [7, 11) is 0. The predicted molar refractivity (Wildman–Crippen MR) is 100 cm³/mol. The van der Waals surface area contributed by atoms with E-state index in [4.69, 9.17) is 16.1 Å². The fourth-order valence-electron chi connectivity index (χ4n) is 2.62. The minimum absolute atomic E-state index is 0.0185. The fraction of sp³-hybridized carbons (Fsp3) is 0.0556. The molecule has 0 spiro atoms. The lowest BCUT2D eigenvalue weighted by atomic mass is 10.1. The molecule has 0 aliphatic heterocycles. The number of hydrogen-bond donors (Lipinski definition) is 1. The molecule has 0 unspecified atom stereocenters. The molecular weight excluding hydrogens is 370 g/mol. The molecule has 0 aliphatic rings. The van der Waals surface area contributed by atoms with Crippen LogP contribution in [0.3, 0.4) is 0 Å². The lowest BCUT2D eigenvalue weighted by molar-refractivity contribution is -0.384. The zero-order valence-electron chi connectivity index (χ0n) is 13.8. The Morgan fingerprint density at radius 3 is 2.70 bits per heavy atom. The Balaban J connectivity index is 1.54. The van der Waals surface area contributed by atoms with Crippen molar-refractivity contribution in [1.82, 2.24) is 15.1 Å². The Bertz CT molecular complexity index is 1130. The van der Waals surface area contributed by atoms with Crippen LogP contribution < -0.4 is 5.32 Å². The number of nitro groups is 1. The third kappa shape index (κ3) is 3.56. The number of rotatable bonds is 5. The molecule has 134 valence electrons. The van der Waals surface area contributed by atoms with Gasteiger partial charge < -0.3 is 9.84 Å². The smallest absolute Gasteiger partial charge is 0.271 e. The molecule has 0 aliphatic carbocycles. The van der Waals surface area contributed by atoms with Crippen LogP contribution in [0.4, 0.5) is 11.5 Å². The predicted octanol–water partition coefficient (Wildman–Crippen LogP) is 4.46. The minimum atomic E-state index is -0.457. The van der Waals surface area contributed by atoms with Crippen molar-refractivity contribution in [3.05, 3.63) is 75.8 Å². The van der Waals surface area contributed by atoms with Crippen LogP contribution >= 0.6 is 11.6 Å². The van der Waals surface area contributed by atoms with Gasteiger partial charge in [-0.25, -0.2) is 9.97 Å². The number of nitrogens with zero attached hydrogens (tertiary/aromatic N) is 4. The Morgan fingerprint density at radius 2 is 1.93 bits per heavy atom. The topological polar surface area (TPSA) is 107 Å². The highest BCUT2D eigenvalue weighted by Gasteiger charge is 2.11. The van der Waals surface area contributed by atoms with Crippen molar-refractivity contribution < 1.29 is 9.45 Å². The number of fused-ring (bicyclic) bond motifs is 1. The van der Waals surface area contributed by atoms with Crippen molar-refractivity contribution in [2.75, 3.05) is 5.32 Å². The van der Waals surface area contributed by atoms with Gasteiger partial charge >= 0.3 is 0 Å². The Labute approximate surface area is 158 Å². The van der Waals surface area contributed by atoms with Crippen molar-refractivity contribution in [1.29, 1.82) is 0 Å². The van der Waals surface area contributed by atoms with E-state index >= 15 is 0 Å². The molecule has 1 N–H and O–H groups in total. The molecule has 9 heteroatoms. The summed E-state index contributed by atoms with van der Waals surface area (Å²) in [6, 6.07) is 13.6. The van der Waals surface area contributed by atoms with Crippen molar-refractivity contribution in [2.45, 2.75) is 6.54 Å². The largest absolute Gasteiger partial charge is 0.362 e. The van der Waals surface area contributed by atoms with E-state index in [1.165, 1.54) is 18.5 Å². The fourth-order valence-corrected chi connectivity index (χ4v) is 2.75. The van der Waals surface area contributed by atoms with Gasteiger partial charge in [-0.1, -0.05) is 28.9 Å². The highest BCUT2D eigenvalue weighted by molar-refractivity contribution is 6.30. The van der Waals surface area contributed by atoms with Gasteiger partial charge in [-0.15, -0.1) is 0 Å². The molecule has 8 nitrogen and oxygen atoms in total. The van der Waals surface area contributed by atoms with Crippen LogP contribution in [-0.4, -0.2) is 20.0 Å². The summed E-state index contributed by atoms with van der Waals surface area (Å²) < 4.78 is 5.36. The molecule has 0 saturated carbocycles. The maximum atomic E-state index is 10.9. The average molecular weight is 382 g/mol. The van der Waals surface area contributed by atoms with Gasteiger partial charge in [0, 0.05) is 34.2 Å². The Kier molecular flexibility index (Phi) is 4.39. The summed E-state index contributed by atoms with van der Waals surface area (Å²) in [5, 5.41) is 19.4. The first-order chi connectivity index (χ1) is 13.1. The SMILES string of the molecule is O=[N+]([O-])c1ccc2c(NCc3cc(-c4ccc(Cl)cc4)no3)ncnc2c1. The van der Waals surface area contributed by atoms with E-state index in [0.29, 0.717) is 39.7 Å². The maximum Gasteiger partial charge on any atom is 0.271 e. The van der Waals surface area contributed by atoms with Gasteiger partial charge in [0.15, 0.2) is 5.76 Å². The molecule has 0 atom stereocenters. The number of halogens is 1. The number of non-ortho nitro benzene ring substituents is 1. The van der Waals surface area contributed by atoms with Crippen molar-refractivity contribution in [3.8, 4) is 11.3 Å². The van der Waals surface area contributed by atoms with Crippen LogP contribution in [-0.2, 0) is 6.54 Å². The maximum absolute atomic E-state index is 10.9. The van der Waals surface area contributed by atoms with Crippen LogP contribution in [0.1, 0.15) is 5.76 Å². The first kappa shape index (κ1) is 16.9. The zero-order chi connectivity index (χ0) is 18.8. The third-order valence-electron chi connectivity index (χ3n) is 3.96. The van der Waals surface area contributed by atoms with E-state index in [9.17, 15) is 10.1 Å². The van der Waals surface area contributed by atoms with Gasteiger partial charge in [-0.2, -0.15) is 0 Å². The quantitative estimate of drug-likeness (QED) is 0.401. The first-order valence-corrected chi connectivity index (χ1v) is 8.32. The molecule has 4 aromatic rings. The van der Waals surface area contributed by atoms with Crippen molar-refractivity contribution in [2.24, 2.45) is 0 Å². The van der Waals surface area contributed by atoms with Gasteiger partial charge in [0.25, 0.3) is 5.69 Å². The first-order valence-electron chi connectivity index (χ1n) is 7.95. The van der Waals surface area contributed by atoms with Crippen LogP contribution in [0.5, 0.6) is 0 Å². The van der Waals surface area contributed by atoms with Crippen LogP contribution in [0.25, 0.3) is 22.2 Å². The average Bonchev–Trinajstić information content (AvgIpc) is 3.15. The van der Waals surface area contributed by atoms with E-state index < -0.39 is 4.92 Å². The molecule has 0 saturated heterocycles. The van der Waals surface area contributed by atoms with Crippen LogP contribution in [0.2, 0.25) is 5.02 Å². The highest BCUT2D eigenvalue weighted by atomic mass is 35.5. The van der Waals surface area contributed by atoms with Crippen LogP contribution in [0.15, 0.2) is 59.4 Å². The third-order valence-corrected chi connectivity index (χ3v) is 4.21. The normalized spacial score (nSPS) is 10.9. The van der Waals surface area contributed by atoms with Crippen molar-refractivity contribution >= 4 is 34.0 Å². The van der Waals surface area contributed by atoms with E-state index in [2.05, 4.69) is 20.4 Å². The zero-order valence-corrected chi connectivity index (χ0v) is 14.6. The van der Waals surface area contributed by atoms with Gasteiger partial charge in [-0.05, 0) is 18.2 Å². The van der Waals surface area contributed by atoms with E-state index in [1.54, 1.807) is 18.2 Å². The number of aromatic nitrogens is 3. The number of benzene rings is 2. The molecule has 0 bridgehead atoms. The molecule has 2 heterocycles. The van der Waals surface area contributed by atoms with Gasteiger partial charge in [0.1, 0.15) is 17.8 Å². The van der Waals surface area contributed by atoms with E-state index in [1.807, 2.05) is 18.2 Å². The lowest BCUT2D eigenvalue weighted by Crippen LogP contribution is -2.02. The van der Waals surface area contributed by atoms with Crippen molar-refractivity contribution in [3.63, 3.8) is 0 Å². The summed E-state index contributed by atoms with van der Waals surface area (Å²) in [6.45, 7) is 0.351.